The van der Waals surface area contributed by atoms with E-state index in [4.69, 9.17) is 0 Å². The number of benzene rings is 2. The first-order valence-corrected chi connectivity index (χ1v) is 9.02. The molecule has 1 aliphatic rings. The fraction of sp³-hybridized carbons (Fsp3) is 0.333. The van der Waals surface area contributed by atoms with Crippen molar-refractivity contribution in [3.05, 3.63) is 48.0 Å². The summed E-state index contributed by atoms with van der Waals surface area (Å²) in [6.45, 7) is 6.78. The zero-order valence-corrected chi connectivity index (χ0v) is 13.9. The van der Waals surface area contributed by atoms with Gasteiger partial charge in [0.15, 0.2) is 0 Å². The van der Waals surface area contributed by atoms with Gasteiger partial charge in [0.2, 0.25) is 0 Å². The molecular weight excluding hydrogens is 280 g/mol. The molecule has 0 saturated heterocycles. The van der Waals surface area contributed by atoms with Gasteiger partial charge >= 0.3 is 0 Å². The quantitative estimate of drug-likeness (QED) is 0.648. The van der Waals surface area contributed by atoms with Crippen LogP contribution in [0.4, 0.5) is 0 Å². The molecule has 0 unspecified atom stereocenters. The number of fused-ring (bicyclic) bond motifs is 1. The second-order valence-corrected chi connectivity index (χ2v) is 8.46. The zero-order valence-electron chi connectivity index (χ0n) is 12.3. The van der Waals surface area contributed by atoms with Crippen molar-refractivity contribution in [3.63, 3.8) is 0 Å². The van der Waals surface area contributed by atoms with Gasteiger partial charge in [0.25, 0.3) is 0 Å². The van der Waals surface area contributed by atoms with Gasteiger partial charge in [-0.25, -0.2) is 0 Å². The minimum absolute atomic E-state index is 0.223. The number of thioether (sulfide) groups is 2. The van der Waals surface area contributed by atoms with E-state index in [9.17, 15) is 0 Å². The van der Waals surface area contributed by atoms with Crippen LogP contribution in [0.3, 0.4) is 0 Å². The molecule has 0 atom stereocenters. The molecule has 0 fully saturated rings. The Bertz CT molecular complexity index is 606. The van der Waals surface area contributed by atoms with E-state index in [-0.39, 0.29) is 5.41 Å². The van der Waals surface area contributed by atoms with Crippen LogP contribution in [0.2, 0.25) is 0 Å². The lowest BCUT2D eigenvalue weighted by Crippen LogP contribution is -2.10. The summed E-state index contributed by atoms with van der Waals surface area (Å²) in [5.41, 5.74) is 4.27. The highest BCUT2D eigenvalue weighted by Gasteiger charge is 2.14. The van der Waals surface area contributed by atoms with Crippen LogP contribution in [0.25, 0.3) is 11.1 Å². The molecule has 1 heterocycles. The van der Waals surface area contributed by atoms with Crippen LogP contribution in [-0.2, 0) is 5.41 Å². The molecule has 0 aromatic heterocycles. The Morgan fingerprint density at radius 2 is 1.35 bits per heavy atom. The van der Waals surface area contributed by atoms with E-state index in [2.05, 4.69) is 63.2 Å². The van der Waals surface area contributed by atoms with Crippen molar-refractivity contribution in [1.82, 2.24) is 0 Å². The lowest BCUT2D eigenvalue weighted by atomic mass is 9.86. The summed E-state index contributed by atoms with van der Waals surface area (Å²) < 4.78 is 0. The van der Waals surface area contributed by atoms with Crippen molar-refractivity contribution in [2.75, 3.05) is 11.5 Å². The molecule has 0 radical (unpaired) electrons. The monoisotopic (exact) mass is 300 g/mol. The second-order valence-electron chi connectivity index (χ2n) is 6.19. The topological polar surface area (TPSA) is 0 Å². The predicted octanol–water partition coefficient (Wildman–Crippen LogP) is 5.85. The van der Waals surface area contributed by atoms with E-state index in [1.165, 1.54) is 38.0 Å². The van der Waals surface area contributed by atoms with Crippen molar-refractivity contribution in [2.24, 2.45) is 0 Å². The van der Waals surface area contributed by atoms with E-state index in [1.54, 1.807) is 0 Å². The van der Waals surface area contributed by atoms with Crippen molar-refractivity contribution < 1.29 is 0 Å². The maximum atomic E-state index is 2.35. The van der Waals surface area contributed by atoms with Crippen LogP contribution >= 0.6 is 23.5 Å². The Labute approximate surface area is 130 Å². The largest absolute Gasteiger partial charge is 0.124 e. The molecular formula is C18H20S2. The SMILES string of the molecule is CC(C)(C)c1ccc(-c2ccc3c(c2)SCCS3)cc1. The Morgan fingerprint density at radius 1 is 0.750 bits per heavy atom. The normalized spacial score (nSPS) is 14.9. The molecule has 0 N–H and O–H groups in total. The van der Waals surface area contributed by atoms with Gasteiger partial charge in [0.1, 0.15) is 0 Å². The van der Waals surface area contributed by atoms with Gasteiger partial charge in [-0.2, -0.15) is 0 Å². The second kappa shape index (κ2) is 5.50. The smallest absolute Gasteiger partial charge is 0.0214 e. The van der Waals surface area contributed by atoms with E-state index in [1.807, 2.05) is 23.5 Å². The van der Waals surface area contributed by atoms with E-state index in [0.29, 0.717) is 0 Å². The van der Waals surface area contributed by atoms with Gasteiger partial charge < -0.3 is 0 Å². The highest BCUT2D eigenvalue weighted by atomic mass is 32.2. The molecule has 0 amide bonds. The summed E-state index contributed by atoms with van der Waals surface area (Å²) in [7, 11) is 0. The standard InChI is InChI=1S/C18H20S2/c1-18(2,3)15-7-4-13(5-8-15)14-6-9-16-17(12-14)20-11-10-19-16/h4-9,12H,10-11H2,1-3H3. The molecule has 3 rings (SSSR count). The van der Waals surface area contributed by atoms with Gasteiger partial charge in [-0.05, 0) is 34.2 Å². The molecule has 1 aliphatic heterocycles. The number of hydrogen-bond acceptors (Lipinski definition) is 2. The minimum atomic E-state index is 0.223. The maximum absolute atomic E-state index is 2.35. The average molecular weight is 300 g/mol. The van der Waals surface area contributed by atoms with Gasteiger partial charge in [-0.15, -0.1) is 23.5 Å². The molecule has 20 heavy (non-hydrogen) atoms. The highest BCUT2D eigenvalue weighted by molar-refractivity contribution is 8.05. The molecule has 2 heteroatoms. The fourth-order valence-electron chi connectivity index (χ4n) is 2.39. The predicted molar refractivity (Wildman–Crippen MR) is 92.0 cm³/mol. The molecule has 104 valence electrons. The van der Waals surface area contributed by atoms with Gasteiger partial charge in [0, 0.05) is 21.3 Å². The molecule has 0 saturated carbocycles. The van der Waals surface area contributed by atoms with Crippen LogP contribution in [0.1, 0.15) is 26.3 Å². The zero-order chi connectivity index (χ0) is 14.2. The Kier molecular flexibility index (Phi) is 3.87. The third-order valence-electron chi connectivity index (χ3n) is 3.63. The summed E-state index contributed by atoms with van der Waals surface area (Å²) in [5, 5.41) is 0. The molecule has 0 aliphatic carbocycles. The highest BCUT2D eigenvalue weighted by Crippen LogP contribution is 2.39. The van der Waals surface area contributed by atoms with Crippen LogP contribution in [0.5, 0.6) is 0 Å². The first-order chi connectivity index (χ1) is 9.54. The van der Waals surface area contributed by atoms with E-state index in [0.717, 1.165) is 0 Å². The summed E-state index contributed by atoms with van der Waals surface area (Å²) in [4.78, 5) is 2.88. The number of rotatable bonds is 1. The number of hydrogen-bond donors (Lipinski definition) is 0. The summed E-state index contributed by atoms with van der Waals surface area (Å²) in [5.74, 6) is 2.46. The van der Waals surface area contributed by atoms with Crippen molar-refractivity contribution >= 4 is 23.5 Å². The van der Waals surface area contributed by atoms with Crippen LogP contribution in [0, 0.1) is 0 Å². The van der Waals surface area contributed by atoms with Gasteiger partial charge in [0.05, 0.1) is 0 Å². The Morgan fingerprint density at radius 3 is 2.00 bits per heavy atom. The maximum Gasteiger partial charge on any atom is 0.0214 e. The van der Waals surface area contributed by atoms with Gasteiger partial charge in [-0.1, -0.05) is 51.1 Å². The van der Waals surface area contributed by atoms with E-state index >= 15 is 0 Å². The minimum Gasteiger partial charge on any atom is -0.124 e. The Balaban J connectivity index is 1.93. The Hall–Kier alpha value is -0.860. The average Bonchev–Trinajstić information content (AvgIpc) is 2.46. The summed E-state index contributed by atoms with van der Waals surface area (Å²) in [6.07, 6.45) is 0. The molecule has 2 aromatic carbocycles. The lowest BCUT2D eigenvalue weighted by Gasteiger charge is -2.19. The third kappa shape index (κ3) is 2.91. The van der Waals surface area contributed by atoms with Crippen LogP contribution < -0.4 is 0 Å². The molecule has 2 aromatic rings. The fourth-order valence-corrected chi connectivity index (χ4v) is 4.63. The van der Waals surface area contributed by atoms with Crippen molar-refractivity contribution in [3.8, 4) is 11.1 Å². The summed E-state index contributed by atoms with van der Waals surface area (Å²) in [6, 6.07) is 15.9. The van der Waals surface area contributed by atoms with Crippen molar-refractivity contribution in [1.29, 1.82) is 0 Å². The first-order valence-electron chi connectivity index (χ1n) is 7.04. The lowest BCUT2D eigenvalue weighted by molar-refractivity contribution is 0.590. The summed E-state index contributed by atoms with van der Waals surface area (Å²) >= 11 is 3.96. The van der Waals surface area contributed by atoms with Gasteiger partial charge in [-0.3, -0.25) is 0 Å². The van der Waals surface area contributed by atoms with Crippen LogP contribution in [-0.4, -0.2) is 11.5 Å². The molecule has 0 nitrogen and oxygen atoms in total. The van der Waals surface area contributed by atoms with Crippen molar-refractivity contribution in [2.45, 2.75) is 36.0 Å². The first kappa shape index (κ1) is 14.1. The van der Waals surface area contributed by atoms with Crippen LogP contribution in [0.15, 0.2) is 52.3 Å². The van der Waals surface area contributed by atoms with E-state index < -0.39 is 0 Å². The third-order valence-corrected chi connectivity index (χ3v) is 6.15. The molecule has 0 bridgehead atoms. The molecule has 0 spiro atoms.